The van der Waals surface area contributed by atoms with Gasteiger partial charge < -0.3 is 15.5 Å². The highest BCUT2D eigenvalue weighted by atomic mass is 16.2. The van der Waals surface area contributed by atoms with Crippen LogP contribution >= 0.6 is 0 Å². The first-order chi connectivity index (χ1) is 9.19. The van der Waals surface area contributed by atoms with E-state index in [2.05, 4.69) is 17.0 Å². The minimum Gasteiger partial charge on any atom is -0.365 e. The minimum absolute atomic E-state index is 0.107. The molecule has 100 valence electrons. The number of para-hydroxylation sites is 2. The topological polar surface area (TPSA) is 49.6 Å². The monoisotopic (exact) mass is 257 g/mol. The van der Waals surface area contributed by atoms with Gasteiger partial charge in [-0.25, -0.2) is 0 Å². The van der Waals surface area contributed by atoms with Gasteiger partial charge in [-0.1, -0.05) is 12.1 Å². The molecular formula is C15H19N3O. The van der Waals surface area contributed by atoms with Crippen LogP contribution in [-0.4, -0.2) is 30.6 Å². The van der Waals surface area contributed by atoms with E-state index in [9.17, 15) is 4.79 Å². The fourth-order valence-electron chi connectivity index (χ4n) is 2.98. The molecule has 2 N–H and O–H groups in total. The molecule has 0 spiro atoms. The summed E-state index contributed by atoms with van der Waals surface area (Å²) < 4.78 is 0. The quantitative estimate of drug-likeness (QED) is 0.873. The Morgan fingerprint density at radius 1 is 1.16 bits per heavy atom. The van der Waals surface area contributed by atoms with Crippen molar-refractivity contribution in [3.05, 3.63) is 24.3 Å². The van der Waals surface area contributed by atoms with E-state index in [1.807, 2.05) is 17.0 Å². The molecule has 1 amide bonds. The zero-order valence-corrected chi connectivity index (χ0v) is 11.0. The summed E-state index contributed by atoms with van der Waals surface area (Å²) in [7, 11) is 0. The van der Waals surface area contributed by atoms with Crippen molar-refractivity contribution in [2.75, 3.05) is 22.9 Å². The summed E-state index contributed by atoms with van der Waals surface area (Å²) in [6, 6.07) is 8.92. The van der Waals surface area contributed by atoms with Gasteiger partial charge in [-0.3, -0.25) is 4.79 Å². The molecule has 0 bridgehead atoms. The average Bonchev–Trinajstić information content (AvgIpc) is 3.33. The highest BCUT2D eigenvalue weighted by Crippen LogP contribution is 2.42. The van der Waals surface area contributed by atoms with Crippen LogP contribution in [0.3, 0.4) is 0 Å². The van der Waals surface area contributed by atoms with E-state index >= 15 is 0 Å². The Balaban J connectivity index is 1.70. The van der Waals surface area contributed by atoms with Crippen molar-refractivity contribution in [3.8, 4) is 0 Å². The van der Waals surface area contributed by atoms with Crippen LogP contribution in [0.25, 0.3) is 0 Å². The Kier molecular flexibility index (Phi) is 2.22. The summed E-state index contributed by atoms with van der Waals surface area (Å²) in [5, 5.41) is 0. The van der Waals surface area contributed by atoms with E-state index in [0.29, 0.717) is 6.04 Å². The minimum atomic E-state index is -0.575. The molecule has 4 nitrogen and oxygen atoms in total. The van der Waals surface area contributed by atoms with Gasteiger partial charge in [-0.05, 0) is 37.8 Å². The molecule has 4 rings (SSSR count). The number of nitrogens with zero attached hydrogens (tertiary/aromatic N) is 2. The van der Waals surface area contributed by atoms with Gasteiger partial charge in [0.25, 0.3) is 0 Å². The average molecular weight is 257 g/mol. The van der Waals surface area contributed by atoms with Gasteiger partial charge in [0, 0.05) is 19.1 Å². The Labute approximate surface area is 113 Å². The number of carbonyl (C=O) groups is 1. The predicted molar refractivity (Wildman–Crippen MR) is 75.3 cm³/mol. The molecule has 0 atom stereocenters. The number of fused-ring (bicyclic) bond motifs is 1. The summed E-state index contributed by atoms with van der Waals surface area (Å²) in [6.45, 7) is 1.70. The zero-order valence-electron chi connectivity index (χ0n) is 11.0. The van der Waals surface area contributed by atoms with Crippen molar-refractivity contribution in [2.24, 2.45) is 5.73 Å². The second-order valence-corrected chi connectivity index (χ2v) is 6.03. The van der Waals surface area contributed by atoms with Crippen LogP contribution in [-0.2, 0) is 4.79 Å². The van der Waals surface area contributed by atoms with Crippen LogP contribution in [0.4, 0.5) is 11.4 Å². The van der Waals surface area contributed by atoms with E-state index < -0.39 is 5.54 Å². The Morgan fingerprint density at radius 2 is 1.84 bits per heavy atom. The summed E-state index contributed by atoms with van der Waals surface area (Å²) in [6.07, 6.45) is 4.22. The third kappa shape index (κ3) is 1.74. The fraction of sp³-hybridized carbons (Fsp3) is 0.533. The van der Waals surface area contributed by atoms with Crippen molar-refractivity contribution in [2.45, 2.75) is 37.3 Å². The summed E-state index contributed by atoms with van der Waals surface area (Å²) in [4.78, 5) is 16.9. The standard InChI is InChI=1S/C15H19N3O/c16-15(7-8-15)14(19)18-10-9-17(11-5-6-11)12-3-1-2-4-13(12)18/h1-4,11H,5-10,16H2. The van der Waals surface area contributed by atoms with Crippen molar-refractivity contribution in [1.29, 1.82) is 0 Å². The Morgan fingerprint density at radius 3 is 2.47 bits per heavy atom. The summed E-state index contributed by atoms with van der Waals surface area (Å²) in [5.41, 5.74) is 7.75. The van der Waals surface area contributed by atoms with E-state index in [0.717, 1.165) is 31.6 Å². The van der Waals surface area contributed by atoms with Crippen LogP contribution in [0, 0.1) is 0 Å². The van der Waals surface area contributed by atoms with Crippen molar-refractivity contribution < 1.29 is 4.79 Å². The maximum Gasteiger partial charge on any atom is 0.247 e. The molecule has 19 heavy (non-hydrogen) atoms. The van der Waals surface area contributed by atoms with Crippen LogP contribution in [0.2, 0.25) is 0 Å². The molecule has 2 fully saturated rings. The van der Waals surface area contributed by atoms with Crippen LogP contribution < -0.4 is 15.5 Å². The zero-order chi connectivity index (χ0) is 13.0. The second kappa shape index (κ2) is 3.73. The smallest absolute Gasteiger partial charge is 0.247 e. The molecule has 2 aliphatic carbocycles. The lowest BCUT2D eigenvalue weighted by atomic mass is 10.1. The first-order valence-corrected chi connectivity index (χ1v) is 7.16. The molecule has 0 saturated heterocycles. The maximum atomic E-state index is 12.5. The Bertz CT molecular complexity index is 534. The van der Waals surface area contributed by atoms with Gasteiger partial charge >= 0.3 is 0 Å². The number of hydrogen-bond donors (Lipinski definition) is 1. The van der Waals surface area contributed by atoms with E-state index in [4.69, 9.17) is 5.73 Å². The summed E-state index contributed by atoms with van der Waals surface area (Å²) in [5.74, 6) is 0.107. The van der Waals surface area contributed by atoms with E-state index in [1.165, 1.54) is 18.5 Å². The highest BCUT2D eigenvalue weighted by molar-refractivity contribution is 6.05. The normalized spacial score (nSPS) is 24.1. The molecule has 1 heterocycles. The van der Waals surface area contributed by atoms with Gasteiger partial charge in [-0.2, -0.15) is 0 Å². The van der Waals surface area contributed by atoms with Crippen LogP contribution in [0.1, 0.15) is 25.7 Å². The molecule has 1 aliphatic heterocycles. The van der Waals surface area contributed by atoms with Crippen molar-refractivity contribution >= 4 is 17.3 Å². The lowest BCUT2D eigenvalue weighted by Gasteiger charge is -2.39. The number of hydrogen-bond acceptors (Lipinski definition) is 3. The first-order valence-electron chi connectivity index (χ1n) is 7.16. The second-order valence-electron chi connectivity index (χ2n) is 6.03. The Hall–Kier alpha value is -1.55. The summed E-state index contributed by atoms with van der Waals surface area (Å²) >= 11 is 0. The molecule has 3 aliphatic rings. The SMILES string of the molecule is NC1(C(=O)N2CCN(C3CC3)c3ccccc32)CC1. The van der Waals surface area contributed by atoms with Gasteiger partial charge in [0.05, 0.1) is 16.9 Å². The fourth-order valence-corrected chi connectivity index (χ4v) is 2.98. The lowest BCUT2D eigenvalue weighted by Crippen LogP contribution is -2.51. The van der Waals surface area contributed by atoms with Crippen molar-refractivity contribution in [3.63, 3.8) is 0 Å². The van der Waals surface area contributed by atoms with E-state index in [-0.39, 0.29) is 5.91 Å². The number of rotatable bonds is 2. The van der Waals surface area contributed by atoms with Gasteiger partial charge in [0.2, 0.25) is 5.91 Å². The van der Waals surface area contributed by atoms with Crippen molar-refractivity contribution in [1.82, 2.24) is 0 Å². The molecule has 1 aromatic carbocycles. The number of carbonyl (C=O) groups excluding carboxylic acids is 1. The largest absolute Gasteiger partial charge is 0.365 e. The van der Waals surface area contributed by atoms with Crippen LogP contribution in [0.5, 0.6) is 0 Å². The molecule has 4 heteroatoms. The van der Waals surface area contributed by atoms with Crippen LogP contribution in [0.15, 0.2) is 24.3 Å². The van der Waals surface area contributed by atoms with Gasteiger partial charge in [0.15, 0.2) is 0 Å². The third-order valence-corrected chi connectivity index (χ3v) is 4.49. The first kappa shape index (κ1) is 11.3. The maximum absolute atomic E-state index is 12.5. The number of nitrogens with two attached hydrogens (primary N) is 1. The number of benzene rings is 1. The number of amides is 1. The predicted octanol–water partition coefficient (Wildman–Crippen LogP) is 1.49. The molecule has 0 radical (unpaired) electrons. The van der Waals surface area contributed by atoms with Gasteiger partial charge in [0.1, 0.15) is 0 Å². The number of anilines is 2. The molecule has 2 saturated carbocycles. The lowest BCUT2D eigenvalue weighted by molar-refractivity contribution is -0.120. The third-order valence-electron chi connectivity index (χ3n) is 4.49. The highest BCUT2D eigenvalue weighted by Gasteiger charge is 2.49. The molecular weight excluding hydrogens is 238 g/mol. The van der Waals surface area contributed by atoms with Gasteiger partial charge in [-0.15, -0.1) is 0 Å². The van der Waals surface area contributed by atoms with E-state index in [1.54, 1.807) is 0 Å². The molecule has 1 aromatic rings. The molecule has 0 unspecified atom stereocenters. The molecule has 0 aromatic heterocycles.